The van der Waals surface area contributed by atoms with Gasteiger partial charge in [0.25, 0.3) is 5.91 Å². The fourth-order valence-electron chi connectivity index (χ4n) is 3.88. The molecule has 3 aromatic rings. The number of carbonyl (C=O) groups excluding carboxylic acids is 1. The van der Waals surface area contributed by atoms with Crippen molar-refractivity contribution in [3.05, 3.63) is 71.9 Å². The van der Waals surface area contributed by atoms with E-state index in [0.29, 0.717) is 42.4 Å². The van der Waals surface area contributed by atoms with E-state index in [1.54, 1.807) is 23.4 Å². The highest BCUT2D eigenvalue weighted by Crippen LogP contribution is 2.28. The largest absolute Gasteiger partial charge is 0.477 e. The number of benzene rings is 1. The number of hydrogen-bond acceptors (Lipinski definition) is 6. The minimum Gasteiger partial charge on any atom is -0.477 e. The Labute approximate surface area is 185 Å². The molecule has 0 spiro atoms. The smallest absolute Gasteiger partial charge is 0.255 e. The Balaban J connectivity index is 1.55. The Bertz CT molecular complexity index is 1090. The maximum Gasteiger partial charge on any atom is 0.255 e. The highest BCUT2D eigenvalue weighted by Gasteiger charge is 2.32. The van der Waals surface area contributed by atoms with Gasteiger partial charge in [0.2, 0.25) is 5.88 Å². The molecule has 0 radical (unpaired) electrons. The van der Waals surface area contributed by atoms with Crippen LogP contribution in [-0.2, 0) is 0 Å². The van der Waals surface area contributed by atoms with Gasteiger partial charge in [-0.25, -0.2) is 19.3 Å². The number of piperidine rings is 1. The summed E-state index contributed by atoms with van der Waals surface area (Å²) in [7, 11) is 0. The summed E-state index contributed by atoms with van der Waals surface area (Å²) in [6, 6.07) is 9.87. The number of amides is 1. The lowest BCUT2D eigenvalue weighted by Gasteiger charge is -2.38. The normalized spacial score (nSPS) is 18.2. The summed E-state index contributed by atoms with van der Waals surface area (Å²) in [5.41, 5.74) is 2.14. The number of carbonyl (C=O) groups is 1. The van der Waals surface area contributed by atoms with Crippen molar-refractivity contribution in [2.45, 2.75) is 25.8 Å². The van der Waals surface area contributed by atoms with E-state index in [0.717, 1.165) is 18.2 Å². The predicted molar refractivity (Wildman–Crippen MR) is 118 cm³/mol. The minimum absolute atomic E-state index is 0.0724. The third kappa shape index (κ3) is 4.80. The van der Waals surface area contributed by atoms with Gasteiger partial charge in [0.05, 0.1) is 24.4 Å². The molecule has 1 aliphatic heterocycles. The summed E-state index contributed by atoms with van der Waals surface area (Å²) in [5, 5.41) is 7.85. The van der Waals surface area contributed by atoms with Crippen LogP contribution >= 0.6 is 0 Å². The molecule has 2 atom stereocenters. The Hall–Kier alpha value is -3.68. The fraction of sp³-hybridized carbons (Fsp3) is 0.292. The van der Waals surface area contributed by atoms with Crippen molar-refractivity contribution >= 4 is 12.1 Å². The molecule has 4 rings (SSSR count). The van der Waals surface area contributed by atoms with Crippen LogP contribution in [0.25, 0.3) is 11.4 Å². The molecule has 1 fully saturated rings. The molecule has 0 aliphatic carbocycles. The van der Waals surface area contributed by atoms with Gasteiger partial charge in [-0.1, -0.05) is 17.7 Å². The molecule has 0 saturated carbocycles. The molecule has 0 bridgehead atoms. The molecular weight excluding hydrogens is 409 g/mol. The maximum atomic E-state index is 13.6. The van der Waals surface area contributed by atoms with Crippen LogP contribution in [0, 0.1) is 24.1 Å². The zero-order valence-electron chi connectivity index (χ0n) is 17.7. The molecule has 7 nitrogen and oxygen atoms in total. The van der Waals surface area contributed by atoms with Gasteiger partial charge >= 0.3 is 0 Å². The average molecular weight is 433 g/mol. The number of nitrogens with zero attached hydrogens (tertiary/aromatic N) is 4. The van der Waals surface area contributed by atoms with E-state index < -0.39 is 5.82 Å². The first-order chi connectivity index (χ1) is 15.5. The van der Waals surface area contributed by atoms with E-state index in [-0.39, 0.29) is 17.9 Å². The van der Waals surface area contributed by atoms with Crippen molar-refractivity contribution in [3.8, 4) is 17.3 Å². The van der Waals surface area contributed by atoms with Crippen LogP contribution in [0.4, 0.5) is 4.39 Å². The molecular formula is C24H24FN5O2. The second kappa shape index (κ2) is 9.64. The molecule has 0 unspecified atom stereocenters. The van der Waals surface area contributed by atoms with Gasteiger partial charge in [0, 0.05) is 42.7 Å². The zero-order chi connectivity index (χ0) is 22.5. The van der Waals surface area contributed by atoms with Crippen molar-refractivity contribution in [2.75, 3.05) is 13.2 Å². The molecule has 164 valence electrons. The number of aromatic nitrogens is 3. The highest BCUT2D eigenvalue weighted by atomic mass is 19.1. The van der Waals surface area contributed by atoms with Crippen molar-refractivity contribution in [1.29, 1.82) is 5.41 Å². The SMILES string of the molecule is Cc1ccc(-c2ncccn2)c(C(=O)N2C[C@H](COc3ccc(F)cn3)CC[C@H]2C=N)c1. The highest BCUT2D eigenvalue weighted by molar-refractivity contribution is 6.01. The monoisotopic (exact) mass is 433 g/mol. The number of nitrogens with one attached hydrogen (secondary N) is 1. The first kappa shape index (κ1) is 21.5. The van der Waals surface area contributed by atoms with Crippen LogP contribution in [0.3, 0.4) is 0 Å². The molecule has 1 saturated heterocycles. The Morgan fingerprint density at radius 1 is 1.22 bits per heavy atom. The van der Waals surface area contributed by atoms with Crippen LogP contribution in [0.1, 0.15) is 28.8 Å². The summed E-state index contributed by atoms with van der Waals surface area (Å²) in [6.45, 7) is 2.74. The molecule has 2 aromatic heterocycles. The Morgan fingerprint density at radius 3 is 2.75 bits per heavy atom. The molecule has 8 heteroatoms. The lowest BCUT2D eigenvalue weighted by Crippen LogP contribution is -2.49. The van der Waals surface area contributed by atoms with E-state index in [4.69, 9.17) is 10.1 Å². The summed E-state index contributed by atoms with van der Waals surface area (Å²) >= 11 is 0. The number of rotatable bonds is 6. The fourth-order valence-corrected chi connectivity index (χ4v) is 3.88. The lowest BCUT2D eigenvalue weighted by molar-refractivity contribution is 0.0572. The van der Waals surface area contributed by atoms with Gasteiger partial charge in [-0.2, -0.15) is 0 Å². The van der Waals surface area contributed by atoms with Gasteiger partial charge in [0.15, 0.2) is 5.82 Å². The zero-order valence-corrected chi connectivity index (χ0v) is 17.7. The molecule has 3 heterocycles. The van der Waals surface area contributed by atoms with E-state index in [1.165, 1.54) is 18.3 Å². The number of ether oxygens (including phenoxy) is 1. The molecule has 1 amide bonds. The lowest BCUT2D eigenvalue weighted by atomic mass is 9.92. The van der Waals surface area contributed by atoms with E-state index >= 15 is 0 Å². The first-order valence-electron chi connectivity index (χ1n) is 10.5. The van der Waals surface area contributed by atoms with Gasteiger partial charge < -0.3 is 15.0 Å². The van der Waals surface area contributed by atoms with Crippen molar-refractivity contribution in [3.63, 3.8) is 0 Å². The van der Waals surface area contributed by atoms with E-state index in [9.17, 15) is 9.18 Å². The van der Waals surface area contributed by atoms with Gasteiger partial charge in [-0.05, 0) is 38.0 Å². The maximum absolute atomic E-state index is 13.6. The van der Waals surface area contributed by atoms with Gasteiger partial charge in [-0.3, -0.25) is 4.79 Å². The molecule has 1 aromatic carbocycles. The Morgan fingerprint density at radius 2 is 2.03 bits per heavy atom. The summed E-state index contributed by atoms with van der Waals surface area (Å²) in [5.74, 6) is 0.330. The average Bonchev–Trinajstić information content (AvgIpc) is 2.83. The second-order valence-electron chi connectivity index (χ2n) is 7.88. The molecule has 32 heavy (non-hydrogen) atoms. The van der Waals surface area contributed by atoms with Crippen LogP contribution in [0.15, 0.2) is 55.0 Å². The van der Waals surface area contributed by atoms with E-state index in [2.05, 4.69) is 15.0 Å². The third-order valence-corrected chi connectivity index (χ3v) is 5.56. The second-order valence-corrected chi connectivity index (χ2v) is 7.88. The number of aryl methyl sites for hydroxylation is 1. The van der Waals surface area contributed by atoms with Gasteiger partial charge in [0.1, 0.15) is 5.82 Å². The van der Waals surface area contributed by atoms with Crippen molar-refractivity contribution < 1.29 is 13.9 Å². The number of hydrogen-bond donors (Lipinski definition) is 1. The van der Waals surface area contributed by atoms with Crippen LogP contribution in [0.5, 0.6) is 5.88 Å². The number of likely N-dealkylation sites (tertiary alicyclic amines) is 1. The minimum atomic E-state index is -0.419. The Kier molecular flexibility index (Phi) is 6.49. The first-order valence-corrected chi connectivity index (χ1v) is 10.5. The topological polar surface area (TPSA) is 92.1 Å². The summed E-state index contributed by atoms with van der Waals surface area (Å²) in [6.07, 6.45) is 7.22. The summed E-state index contributed by atoms with van der Waals surface area (Å²) < 4.78 is 18.8. The van der Waals surface area contributed by atoms with Crippen LogP contribution in [0.2, 0.25) is 0 Å². The molecule has 1 N–H and O–H groups in total. The third-order valence-electron chi connectivity index (χ3n) is 5.56. The quantitative estimate of drug-likeness (QED) is 0.595. The number of pyridine rings is 1. The van der Waals surface area contributed by atoms with Gasteiger partial charge in [-0.15, -0.1) is 0 Å². The van der Waals surface area contributed by atoms with Crippen LogP contribution < -0.4 is 4.74 Å². The van der Waals surface area contributed by atoms with Crippen LogP contribution in [-0.4, -0.2) is 51.2 Å². The van der Waals surface area contributed by atoms with Crippen molar-refractivity contribution in [1.82, 2.24) is 19.9 Å². The van der Waals surface area contributed by atoms with Crippen molar-refractivity contribution in [2.24, 2.45) is 5.92 Å². The summed E-state index contributed by atoms with van der Waals surface area (Å²) in [4.78, 5) is 27.9. The van der Waals surface area contributed by atoms with E-state index in [1.807, 2.05) is 25.1 Å². The standard InChI is InChI=1S/C24H24FN5O2/c1-16-3-7-20(23-27-9-2-10-28-23)21(11-16)24(31)30-14-17(4-6-19(30)12-26)15-32-22-8-5-18(25)13-29-22/h2-3,5,7-13,17,19,26H,4,6,14-15H2,1H3/t17-,19+/m1/s1. The number of halogens is 1. The predicted octanol–water partition coefficient (Wildman–Crippen LogP) is 3.94. The molecule has 1 aliphatic rings.